The number of aliphatic imine (C=N–C) groups is 1. The lowest BCUT2D eigenvalue weighted by Gasteiger charge is -2.22. The van der Waals surface area contributed by atoms with Gasteiger partial charge in [0.1, 0.15) is 0 Å². The predicted octanol–water partition coefficient (Wildman–Crippen LogP) is 3.28. The van der Waals surface area contributed by atoms with Crippen LogP contribution in [0.5, 0.6) is 0 Å². The number of nitrogens with zero attached hydrogens (tertiary/aromatic N) is 1. The molecule has 1 heterocycles. The van der Waals surface area contributed by atoms with Crippen molar-refractivity contribution in [3.63, 3.8) is 0 Å². The van der Waals surface area contributed by atoms with Crippen molar-refractivity contribution in [2.75, 3.05) is 0 Å². The van der Waals surface area contributed by atoms with E-state index in [4.69, 9.17) is 4.74 Å². The summed E-state index contributed by atoms with van der Waals surface area (Å²) in [6.45, 7) is 0. The van der Waals surface area contributed by atoms with Gasteiger partial charge in [0.15, 0.2) is 11.9 Å². The van der Waals surface area contributed by atoms with E-state index in [1.807, 2.05) is 42.5 Å². The van der Waals surface area contributed by atoms with E-state index in [1.165, 1.54) is 0 Å². The van der Waals surface area contributed by atoms with Crippen molar-refractivity contribution in [2.24, 2.45) is 4.99 Å². The number of hydrogen-bond donors (Lipinski definition) is 0. The fourth-order valence-corrected chi connectivity index (χ4v) is 2.30. The van der Waals surface area contributed by atoms with Crippen molar-refractivity contribution in [1.29, 1.82) is 0 Å². The van der Waals surface area contributed by atoms with Crippen molar-refractivity contribution in [1.82, 2.24) is 0 Å². The molecule has 4 heteroatoms. The molecule has 1 aromatic rings. The number of carbonyl (C=O) groups is 1. The summed E-state index contributed by atoms with van der Waals surface area (Å²) in [5.74, 6) is -0.0810. The van der Waals surface area contributed by atoms with Crippen LogP contribution >= 0.6 is 15.9 Å². The van der Waals surface area contributed by atoms with Crippen LogP contribution in [0.2, 0.25) is 0 Å². The second kappa shape index (κ2) is 4.97. The van der Waals surface area contributed by atoms with Crippen LogP contribution < -0.4 is 0 Å². The number of benzene rings is 1. The lowest BCUT2D eigenvalue weighted by molar-refractivity contribution is -0.118. The zero-order valence-electron chi connectivity index (χ0n) is 9.92. The zero-order chi connectivity index (χ0) is 13.2. The number of amides is 1. The molecule has 94 valence electrons. The lowest BCUT2D eigenvalue weighted by Crippen LogP contribution is -2.29. The van der Waals surface area contributed by atoms with Crippen LogP contribution in [0.3, 0.4) is 0 Å². The third kappa shape index (κ3) is 2.44. The molecule has 1 aromatic carbocycles. The predicted molar refractivity (Wildman–Crippen MR) is 77.7 cm³/mol. The van der Waals surface area contributed by atoms with E-state index in [9.17, 15) is 4.79 Å². The van der Waals surface area contributed by atoms with Crippen LogP contribution in [0.25, 0.3) is 6.08 Å². The Kier molecular flexibility index (Phi) is 3.17. The first kappa shape index (κ1) is 12.1. The summed E-state index contributed by atoms with van der Waals surface area (Å²) < 4.78 is 6.59. The molecule has 1 aliphatic carbocycles. The largest absolute Gasteiger partial charge is 0.474 e. The van der Waals surface area contributed by atoms with E-state index in [2.05, 4.69) is 20.9 Å². The molecule has 0 spiro atoms. The van der Waals surface area contributed by atoms with Crippen molar-refractivity contribution in [2.45, 2.75) is 6.10 Å². The van der Waals surface area contributed by atoms with Gasteiger partial charge in [-0.25, -0.2) is 4.99 Å². The molecule has 1 amide bonds. The number of carbonyl (C=O) groups excluding carboxylic acids is 1. The van der Waals surface area contributed by atoms with Gasteiger partial charge in [-0.3, -0.25) is 4.79 Å². The lowest BCUT2D eigenvalue weighted by atomic mass is 10.1. The van der Waals surface area contributed by atoms with E-state index < -0.39 is 0 Å². The van der Waals surface area contributed by atoms with Crippen LogP contribution in [0.1, 0.15) is 5.56 Å². The summed E-state index contributed by atoms with van der Waals surface area (Å²) in [6.07, 6.45) is 8.83. The SMILES string of the molecule is O=C1N=C2C=CC=CC2O/C1=C\c1ccccc1Br. The molecular formula is C15H10BrNO2. The van der Waals surface area contributed by atoms with Gasteiger partial charge >= 0.3 is 5.91 Å². The Morgan fingerprint density at radius 3 is 2.95 bits per heavy atom. The van der Waals surface area contributed by atoms with Gasteiger partial charge in [0.05, 0.1) is 5.71 Å². The van der Waals surface area contributed by atoms with Crippen LogP contribution in [-0.2, 0) is 9.53 Å². The summed E-state index contributed by atoms with van der Waals surface area (Å²) in [7, 11) is 0. The molecule has 0 fully saturated rings. The first-order valence-electron chi connectivity index (χ1n) is 5.85. The summed E-state index contributed by atoms with van der Waals surface area (Å²) in [6, 6.07) is 7.64. The molecule has 0 saturated carbocycles. The molecule has 3 rings (SSSR count). The summed E-state index contributed by atoms with van der Waals surface area (Å²) in [5, 5.41) is 0. The fraction of sp³-hybridized carbons (Fsp3) is 0.0667. The van der Waals surface area contributed by atoms with E-state index in [-0.39, 0.29) is 17.8 Å². The first-order valence-corrected chi connectivity index (χ1v) is 6.64. The van der Waals surface area contributed by atoms with Gasteiger partial charge in [-0.1, -0.05) is 46.3 Å². The van der Waals surface area contributed by atoms with E-state index in [0.717, 1.165) is 10.0 Å². The van der Waals surface area contributed by atoms with Crippen LogP contribution in [-0.4, -0.2) is 17.7 Å². The highest BCUT2D eigenvalue weighted by Crippen LogP contribution is 2.23. The first-order chi connectivity index (χ1) is 9.24. The Morgan fingerprint density at radius 2 is 2.11 bits per heavy atom. The van der Waals surface area contributed by atoms with Gasteiger partial charge in [0.25, 0.3) is 0 Å². The Bertz CT molecular complexity index is 656. The maximum atomic E-state index is 11.9. The van der Waals surface area contributed by atoms with Crippen LogP contribution in [0.4, 0.5) is 0 Å². The molecule has 0 saturated heterocycles. The molecule has 19 heavy (non-hydrogen) atoms. The van der Waals surface area contributed by atoms with Crippen molar-refractivity contribution in [3.8, 4) is 0 Å². The molecule has 0 N–H and O–H groups in total. The zero-order valence-corrected chi connectivity index (χ0v) is 11.5. The maximum Gasteiger partial charge on any atom is 0.312 e. The highest BCUT2D eigenvalue weighted by atomic mass is 79.9. The molecule has 1 unspecified atom stereocenters. The highest BCUT2D eigenvalue weighted by molar-refractivity contribution is 9.10. The summed E-state index contributed by atoms with van der Waals surface area (Å²) in [5.41, 5.74) is 1.54. The van der Waals surface area contributed by atoms with E-state index >= 15 is 0 Å². The Hall–Kier alpha value is -1.94. The highest BCUT2D eigenvalue weighted by Gasteiger charge is 2.26. The average molecular weight is 316 g/mol. The number of halogens is 1. The minimum absolute atomic E-state index is 0.264. The fourth-order valence-electron chi connectivity index (χ4n) is 1.90. The Balaban J connectivity index is 1.97. The average Bonchev–Trinajstić information content (AvgIpc) is 2.42. The number of rotatable bonds is 1. The molecule has 3 nitrogen and oxygen atoms in total. The van der Waals surface area contributed by atoms with E-state index in [1.54, 1.807) is 12.2 Å². The molecule has 1 aliphatic heterocycles. The standard InChI is InChI=1S/C15H10BrNO2/c16-11-6-2-1-5-10(11)9-14-15(18)17-12-7-3-4-8-13(12)19-14/h1-9,13H/b14-9-. The summed E-state index contributed by atoms with van der Waals surface area (Å²) in [4.78, 5) is 16.0. The second-order valence-corrected chi connectivity index (χ2v) is 5.01. The van der Waals surface area contributed by atoms with Crippen LogP contribution in [0.15, 0.2) is 63.8 Å². The number of fused-ring (bicyclic) bond motifs is 1. The quantitative estimate of drug-likeness (QED) is 0.746. The molecule has 0 bridgehead atoms. The number of hydrogen-bond acceptors (Lipinski definition) is 2. The van der Waals surface area contributed by atoms with Gasteiger partial charge in [-0.05, 0) is 29.9 Å². The minimum atomic E-state index is -0.345. The molecular weight excluding hydrogens is 306 g/mol. The maximum absolute atomic E-state index is 11.9. The van der Waals surface area contributed by atoms with Crippen molar-refractivity contribution >= 4 is 33.6 Å². The van der Waals surface area contributed by atoms with Crippen molar-refractivity contribution in [3.05, 3.63) is 64.4 Å². The minimum Gasteiger partial charge on any atom is -0.474 e. The van der Waals surface area contributed by atoms with E-state index in [0.29, 0.717) is 5.71 Å². The third-order valence-corrected chi connectivity index (χ3v) is 3.56. The van der Waals surface area contributed by atoms with Gasteiger partial charge in [-0.15, -0.1) is 0 Å². The summed E-state index contributed by atoms with van der Waals surface area (Å²) >= 11 is 3.44. The topological polar surface area (TPSA) is 38.7 Å². The number of allylic oxidation sites excluding steroid dienone is 2. The molecule has 0 radical (unpaired) electrons. The molecule has 1 atom stereocenters. The normalized spacial score (nSPS) is 23.0. The smallest absolute Gasteiger partial charge is 0.312 e. The third-order valence-electron chi connectivity index (χ3n) is 2.84. The number of ether oxygens (including phenoxy) is 1. The van der Waals surface area contributed by atoms with Gasteiger partial charge < -0.3 is 4.74 Å². The second-order valence-electron chi connectivity index (χ2n) is 4.15. The van der Waals surface area contributed by atoms with Gasteiger partial charge in [0.2, 0.25) is 0 Å². The molecule has 0 aromatic heterocycles. The van der Waals surface area contributed by atoms with Crippen LogP contribution in [0, 0.1) is 0 Å². The van der Waals surface area contributed by atoms with Crippen molar-refractivity contribution < 1.29 is 9.53 Å². The van der Waals surface area contributed by atoms with Gasteiger partial charge in [-0.2, -0.15) is 0 Å². The van der Waals surface area contributed by atoms with Gasteiger partial charge in [0, 0.05) is 4.47 Å². The Morgan fingerprint density at radius 1 is 1.26 bits per heavy atom. The Labute approximate surface area is 119 Å². The molecule has 2 aliphatic rings. The monoisotopic (exact) mass is 315 g/mol.